The first-order valence-electron chi connectivity index (χ1n) is 9.46. The van der Waals surface area contributed by atoms with Crippen molar-refractivity contribution >= 4 is 11.8 Å². The van der Waals surface area contributed by atoms with E-state index in [1.165, 1.54) is 0 Å². The predicted octanol–water partition coefficient (Wildman–Crippen LogP) is 1.81. The maximum Gasteiger partial charge on any atom is 0.257 e. The van der Waals surface area contributed by atoms with Crippen molar-refractivity contribution in [1.82, 2.24) is 24.6 Å². The molecule has 26 heavy (non-hydrogen) atoms. The number of fused-ring (bicyclic) bond motifs is 1. The Bertz CT molecular complexity index is 774. The molecule has 138 valence electrons. The summed E-state index contributed by atoms with van der Waals surface area (Å²) in [5, 5.41) is 4.42. The van der Waals surface area contributed by atoms with Gasteiger partial charge in [0.2, 0.25) is 5.91 Å². The number of hydrogen-bond acceptors (Lipinski definition) is 3. The van der Waals surface area contributed by atoms with Crippen LogP contribution in [0.3, 0.4) is 0 Å². The van der Waals surface area contributed by atoms with Crippen molar-refractivity contribution in [2.24, 2.45) is 0 Å². The maximum absolute atomic E-state index is 12.8. The summed E-state index contributed by atoms with van der Waals surface area (Å²) in [6.45, 7) is 3.58. The molecule has 1 saturated heterocycles. The lowest BCUT2D eigenvalue weighted by molar-refractivity contribution is -0.131. The third-order valence-electron chi connectivity index (χ3n) is 5.33. The Balaban J connectivity index is 1.47. The van der Waals surface area contributed by atoms with Gasteiger partial charge in [-0.1, -0.05) is 0 Å². The fourth-order valence-electron chi connectivity index (χ4n) is 3.85. The van der Waals surface area contributed by atoms with Gasteiger partial charge in [-0.15, -0.1) is 0 Å². The summed E-state index contributed by atoms with van der Waals surface area (Å²) in [7, 11) is 0. The van der Waals surface area contributed by atoms with Crippen LogP contribution in [-0.4, -0.2) is 56.0 Å². The van der Waals surface area contributed by atoms with Gasteiger partial charge in [-0.25, -0.2) is 0 Å². The Hall–Kier alpha value is -2.57. The summed E-state index contributed by atoms with van der Waals surface area (Å²) < 4.78 is 1.90. The standard InChI is InChI=1S/C19H25N5O2/c25-18(7-6-15-5-3-8-20-15)23-11-4-12-24-17(14-23)16(13-21-24)19(26)22-9-1-2-10-22/h3,5,8,13,20H,1-2,4,6-7,9-12,14H2. The zero-order valence-corrected chi connectivity index (χ0v) is 15.0. The van der Waals surface area contributed by atoms with Crippen LogP contribution >= 0.6 is 0 Å². The fraction of sp³-hybridized carbons (Fsp3) is 0.526. The lowest BCUT2D eigenvalue weighted by atomic mass is 10.2. The zero-order chi connectivity index (χ0) is 17.9. The van der Waals surface area contributed by atoms with E-state index in [2.05, 4.69) is 10.1 Å². The van der Waals surface area contributed by atoms with E-state index in [9.17, 15) is 9.59 Å². The molecule has 0 bridgehead atoms. The molecule has 0 atom stereocenters. The molecule has 4 heterocycles. The number of carbonyl (C=O) groups is 2. The molecule has 0 radical (unpaired) electrons. The van der Waals surface area contributed by atoms with Crippen LogP contribution in [0.4, 0.5) is 0 Å². The second-order valence-corrected chi connectivity index (χ2v) is 7.09. The number of nitrogens with zero attached hydrogens (tertiary/aromatic N) is 4. The van der Waals surface area contributed by atoms with Gasteiger partial charge in [0.1, 0.15) is 0 Å². The van der Waals surface area contributed by atoms with Gasteiger partial charge in [0.15, 0.2) is 0 Å². The molecule has 1 fully saturated rings. The SMILES string of the molecule is O=C(CCc1ccc[nH]1)N1CCCn2ncc(C(=O)N3CCCC3)c2C1. The van der Waals surface area contributed by atoms with Crippen LogP contribution in [0.1, 0.15) is 47.4 Å². The van der Waals surface area contributed by atoms with Crippen LogP contribution < -0.4 is 0 Å². The van der Waals surface area contributed by atoms with Crippen molar-refractivity contribution in [3.8, 4) is 0 Å². The maximum atomic E-state index is 12.8. The molecule has 4 rings (SSSR count). The van der Waals surface area contributed by atoms with Crippen molar-refractivity contribution in [3.63, 3.8) is 0 Å². The van der Waals surface area contributed by atoms with Gasteiger partial charge in [-0.3, -0.25) is 14.3 Å². The first-order chi connectivity index (χ1) is 12.7. The minimum Gasteiger partial charge on any atom is -0.365 e. The first kappa shape index (κ1) is 16.9. The Morgan fingerprint density at radius 1 is 1.08 bits per heavy atom. The molecule has 0 saturated carbocycles. The molecular weight excluding hydrogens is 330 g/mol. The topological polar surface area (TPSA) is 74.2 Å². The van der Waals surface area contributed by atoms with Crippen molar-refractivity contribution in [1.29, 1.82) is 0 Å². The minimum atomic E-state index is 0.0597. The minimum absolute atomic E-state index is 0.0597. The summed E-state index contributed by atoms with van der Waals surface area (Å²) in [6, 6.07) is 3.94. The average molecular weight is 355 g/mol. The number of H-pyrrole nitrogens is 1. The van der Waals surface area contributed by atoms with E-state index in [4.69, 9.17) is 0 Å². The van der Waals surface area contributed by atoms with Crippen molar-refractivity contribution in [2.75, 3.05) is 19.6 Å². The number of aryl methyl sites for hydroxylation is 2. The van der Waals surface area contributed by atoms with Crippen LogP contribution in [-0.2, 0) is 24.3 Å². The van der Waals surface area contributed by atoms with Crippen molar-refractivity contribution < 1.29 is 9.59 Å². The number of amides is 2. The van der Waals surface area contributed by atoms with Gasteiger partial charge in [-0.05, 0) is 37.8 Å². The van der Waals surface area contributed by atoms with E-state index in [-0.39, 0.29) is 11.8 Å². The van der Waals surface area contributed by atoms with Gasteiger partial charge in [0.25, 0.3) is 5.91 Å². The second-order valence-electron chi connectivity index (χ2n) is 7.09. The summed E-state index contributed by atoms with van der Waals surface area (Å²) in [4.78, 5) is 32.4. The van der Waals surface area contributed by atoms with Crippen LogP contribution in [0.5, 0.6) is 0 Å². The van der Waals surface area contributed by atoms with E-state index in [1.807, 2.05) is 32.8 Å². The molecular formula is C19H25N5O2. The molecule has 1 N–H and O–H groups in total. The number of aromatic nitrogens is 3. The van der Waals surface area contributed by atoms with E-state index in [0.717, 1.165) is 50.3 Å². The molecule has 0 aliphatic carbocycles. The molecule has 2 aromatic rings. The molecule has 0 aromatic carbocycles. The first-order valence-corrected chi connectivity index (χ1v) is 9.46. The molecule has 7 heteroatoms. The van der Waals surface area contributed by atoms with Crippen LogP contribution in [0.15, 0.2) is 24.5 Å². The van der Waals surface area contributed by atoms with Crippen molar-refractivity contribution in [3.05, 3.63) is 41.5 Å². The summed E-state index contributed by atoms with van der Waals surface area (Å²) in [6.07, 6.45) is 7.74. The second kappa shape index (κ2) is 7.35. The van der Waals surface area contributed by atoms with E-state index >= 15 is 0 Å². The third kappa shape index (κ3) is 3.38. The summed E-state index contributed by atoms with van der Waals surface area (Å²) in [5.41, 5.74) is 2.62. The average Bonchev–Trinajstić information content (AvgIpc) is 3.39. The number of hydrogen-bond donors (Lipinski definition) is 1. The van der Waals surface area contributed by atoms with Crippen LogP contribution in [0.25, 0.3) is 0 Å². The Morgan fingerprint density at radius 3 is 2.65 bits per heavy atom. The predicted molar refractivity (Wildman–Crippen MR) is 96.5 cm³/mol. The van der Waals surface area contributed by atoms with Gasteiger partial charge in [-0.2, -0.15) is 5.10 Å². The number of rotatable bonds is 4. The van der Waals surface area contributed by atoms with Crippen LogP contribution in [0.2, 0.25) is 0 Å². The lowest BCUT2D eigenvalue weighted by Crippen LogP contribution is -2.33. The number of aromatic amines is 1. The lowest BCUT2D eigenvalue weighted by Gasteiger charge is -2.21. The number of likely N-dealkylation sites (tertiary alicyclic amines) is 1. The molecule has 0 spiro atoms. The van der Waals surface area contributed by atoms with E-state index in [1.54, 1.807) is 6.20 Å². The number of nitrogens with one attached hydrogen (secondary N) is 1. The smallest absolute Gasteiger partial charge is 0.257 e. The fourth-order valence-corrected chi connectivity index (χ4v) is 3.85. The number of carbonyl (C=O) groups excluding carboxylic acids is 2. The highest BCUT2D eigenvalue weighted by atomic mass is 16.2. The monoisotopic (exact) mass is 355 g/mol. The van der Waals surface area contributed by atoms with E-state index in [0.29, 0.717) is 31.5 Å². The highest BCUT2D eigenvalue weighted by Crippen LogP contribution is 2.21. The van der Waals surface area contributed by atoms with Crippen molar-refractivity contribution in [2.45, 2.75) is 45.2 Å². The molecule has 2 aliphatic rings. The summed E-state index contributed by atoms with van der Waals surface area (Å²) >= 11 is 0. The molecule has 7 nitrogen and oxygen atoms in total. The Kier molecular flexibility index (Phi) is 4.77. The summed E-state index contributed by atoms with van der Waals surface area (Å²) in [5.74, 6) is 0.193. The van der Waals surface area contributed by atoms with Gasteiger partial charge in [0, 0.05) is 44.5 Å². The highest BCUT2D eigenvalue weighted by molar-refractivity contribution is 5.95. The van der Waals surface area contributed by atoms with Gasteiger partial charge in [0.05, 0.1) is 24.0 Å². The Labute approximate surface area is 153 Å². The highest BCUT2D eigenvalue weighted by Gasteiger charge is 2.28. The largest absolute Gasteiger partial charge is 0.365 e. The zero-order valence-electron chi connectivity index (χ0n) is 15.0. The normalized spacial score (nSPS) is 17.2. The third-order valence-corrected chi connectivity index (χ3v) is 5.33. The van der Waals surface area contributed by atoms with Gasteiger partial charge >= 0.3 is 0 Å². The van der Waals surface area contributed by atoms with Crippen LogP contribution in [0, 0.1) is 0 Å². The molecule has 2 aromatic heterocycles. The molecule has 2 aliphatic heterocycles. The Morgan fingerprint density at radius 2 is 1.88 bits per heavy atom. The van der Waals surface area contributed by atoms with Gasteiger partial charge < -0.3 is 14.8 Å². The molecule has 0 unspecified atom stereocenters. The van der Waals surface area contributed by atoms with E-state index < -0.39 is 0 Å². The molecule has 2 amide bonds. The quantitative estimate of drug-likeness (QED) is 0.909.